The van der Waals surface area contributed by atoms with Gasteiger partial charge in [0.1, 0.15) is 0 Å². The average molecular weight is 388 g/mol. The van der Waals surface area contributed by atoms with Crippen molar-refractivity contribution in [1.82, 2.24) is 5.43 Å². The number of benzene rings is 1. The smallest absolute Gasteiger partial charge is 0.465 e. The third-order valence-corrected chi connectivity index (χ3v) is 5.74. The first kappa shape index (κ1) is 20.8. The number of esters is 1. The summed E-state index contributed by atoms with van der Waals surface area (Å²) in [5, 5.41) is 1.42. The molecule has 8 heteroatoms. The molecule has 1 saturated heterocycles. The lowest BCUT2D eigenvalue weighted by Gasteiger charge is -2.32. The lowest BCUT2D eigenvalue weighted by Crippen LogP contribution is -2.44. The number of hydrogen-bond acceptors (Lipinski definition) is 6. The molecule has 1 aromatic rings. The summed E-state index contributed by atoms with van der Waals surface area (Å²) in [5.74, 6) is -0.144. The molecule has 28 heavy (non-hydrogen) atoms. The summed E-state index contributed by atoms with van der Waals surface area (Å²) < 4.78 is 17.1. The molecule has 3 rings (SSSR count). The van der Waals surface area contributed by atoms with E-state index in [0.29, 0.717) is 23.6 Å². The Bertz CT molecular complexity index is 760. The second-order valence-electron chi connectivity index (χ2n) is 8.52. The van der Waals surface area contributed by atoms with E-state index in [1.165, 1.54) is 19.0 Å². The van der Waals surface area contributed by atoms with Crippen LogP contribution in [0.25, 0.3) is 0 Å². The summed E-state index contributed by atoms with van der Waals surface area (Å²) in [6.07, 6.45) is 2.31. The Balaban J connectivity index is 1.93. The van der Waals surface area contributed by atoms with Crippen LogP contribution in [0.1, 0.15) is 57.8 Å². The Morgan fingerprint density at radius 3 is 2.32 bits per heavy atom. The van der Waals surface area contributed by atoms with Gasteiger partial charge in [-0.05, 0) is 64.1 Å². The normalized spacial score (nSPS) is 20.1. The van der Waals surface area contributed by atoms with Gasteiger partial charge in [-0.2, -0.15) is 0 Å². The quantitative estimate of drug-likeness (QED) is 0.457. The van der Waals surface area contributed by atoms with E-state index in [-0.39, 0.29) is 11.5 Å². The molecule has 1 amide bonds. The molecule has 0 spiro atoms. The molecule has 0 radical (unpaired) electrons. The first-order valence-electron chi connectivity index (χ1n) is 9.68. The van der Waals surface area contributed by atoms with Gasteiger partial charge in [0.2, 0.25) is 5.91 Å². The SMILES string of the molecule is COC(=O)c1cc(B2OC(C)(C)C(C)(C)O2)ccc1N(NCC1CC1)C(C)=O. The van der Waals surface area contributed by atoms with Crippen molar-refractivity contribution in [2.45, 2.75) is 58.7 Å². The number of anilines is 1. The fraction of sp³-hybridized carbons (Fsp3) is 0.600. The van der Waals surface area contributed by atoms with E-state index in [1.54, 1.807) is 12.1 Å². The van der Waals surface area contributed by atoms with Crippen LogP contribution in [0.15, 0.2) is 18.2 Å². The number of hydrazine groups is 1. The monoisotopic (exact) mass is 388 g/mol. The largest absolute Gasteiger partial charge is 0.494 e. The van der Waals surface area contributed by atoms with Crippen LogP contribution < -0.4 is 15.9 Å². The van der Waals surface area contributed by atoms with Crippen LogP contribution in [0.3, 0.4) is 0 Å². The van der Waals surface area contributed by atoms with Crippen molar-refractivity contribution >= 4 is 30.1 Å². The standard InChI is InChI=1S/C20H29BN2O5/c1-13(24)23(22-12-14-7-8-14)17-10-9-15(11-16(17)18(25)26-6)21-27-19(2,3)20(4,5)28-21/h9-11,14,22H,7-8,12H2,1-6H3. The first-order chi connectivity index (χ1) is 13.1. The third-order valence-electron chi connectivity index (χ3n) is 5.74. The maximum absolute atomic E-state index is 12.5. The molecule has 0 unspecified atom stereocenters. The van der Waals surface area contributed by atoms with E-state index in [4.69, 9.17) is 14.0 Å². The highest BCUT2D eigenvalue weighted by atomic mass is 16.7. The number of amides is 1. The van der Waals surface area contributed by atoms with Crippen molar-refractivity contribution < 1.29 is 23.6 Å². The van der Waals surface area contributed by atoms with Gasteiger partial charge in [0.25, 0.3) is 0 Å². The predicted octanol–water partition coefficient (Wildman–Crippen LogP) is 2.04. The number of rotatable bonds is 6. The Morgan fingerprint density at radius 1 is 1.21 bits per heavy atom. The number of carbonyl (C=O) groups is 2. The van der Waals surface area contributed by atoms with Crippen molar-refractivity contribution in [3.8, 4) is 0 Å². The van der Waals surface area contributed by atoms with Crippen molar-refractivity contribution in [3.05, 3.63) is 23.8 Å². The lowest BCUT2D eigenvalue weighted by molar-refractivity contribution is -0.117. The van der Waals surface area contributed by atoms with E-state index >= 15 is 0 Å². The number of carbonyl (C=O) groups excluding carboxylic acids is 2. The van der Waals surface area contributed by atoms with E-state index in [1.807, 2.05) is 33.8 Å². The summed E-state index contributed by atoms with van der Waals surface area (Å²) in [7, 11) is 0.719. The molecule has 2 aliphatic rings. The van der Waals surface area contributed by atoms with Gasteiger partial charge in [0.05, 0.1) is 29.6 Å². The zero-order valence-electron chi connectivity index (χ0n) is 17.5. The number of nitrogens with zero attached hydrogens (tertiary/aromatic N) is 1. The van der Waals surface area contributed by atoms with Gasteiger partial charge in [-0.15, -0.1) is 0 Å². The molecule has 1 saturated carbocycles. The molecule has 1 heterocycles. The van der Waals surface area contributed by atoms with Crippen LogP contribution in [0.2, 0.25) is 0 Å². The van der Waals surface area contributed by atoms with E-state index in [2.05, 4.69) is 5.43 Å². The third kappa shape index (κ3) is 4.09. The summed E-state index contributed by atoms with van der Waals surface area (Å²) in [5.41, 5.74) is 3.62. The highest BCUT2D eigenvalue weighted by Gasteiger charge is 2.51. The molecule has 1 aromatic carbocycles. The number of hydrogen-bond donors (Lipinski definition) is 1. The molecule has 1 N–H and O–H groups in total. The molecule has 152 valence electrons. The van der Waals surface area contributed by atoms with E-state index in [9.17, 15) is 9.59 Å². The van der Waals surface area contributed by atoms with Gasteiger partial charge < -0.3 is 14.0 Å². The molecular formula is C20H29BN2O5. The predicted molar refractivity (Wildman–Crippen MR) is 107 cm³/mol. The maximum Gasteiger partial charge on any atom is 0.494 e. The molecular weight excluding hydrogens is 359 g/mol. The molecule has 1 aliphatic heterocycles. The number of methoxy groups -OCH3 is 1. The van der Waals surface area contributed by atoms with Crippen molar-refractivity contribution in [2.75, 3.05) is 18.7 Å². The molecule has 0 bridgehead atoms. The number of nitrogens with one attached hydrogen (secondary N) is 1. The van der Waals surface area contributed by atoms with E-state index in [0.717, 1.165) is 12.8 Å². The van der Waals surface area contributed by atoms with Gasteiger partial charge in [0, 0.05) is 13.5 Å². The minimum Gasteiger partial charge on any atom is -0.465 e. The summed E-state index contributed by atoms with van der Waals surface area (Å²) >= 11 is 0. The van der Waals surface area contributed by atoms with Gasteiger partial charge in [0.15, 0.2) is 0 Å². The van der Waals surface area contributed by atoms with Crippen molar-refractivity contribution in [3.63, 3.8) is 0 Å². The van der Waals surface area contributed by atoms with Gasteiger partial charge >= 0.3 is 13.1 Å². The number of ether oxygens (including phenoxy) is 1. The Labute approximate surface area is 166 Å². The first-order valence-corrected chi connectivity index (χ1v) is 9.68. The average Bonchev–Trinajstić information content (AvgIpc) is 3.40. The zero-order valence-corrected chi connectivity index (χ0v) is 17.5. The van der Waals surface area contributed by atoms with Gasteiger partial charge in [-0.3, -0.25) is 4.79 Å². The zero-order chi connectivity index (χ0) is 20.7. The molecule has 7 nitrogen and oxygen atoms in total. The van der Waals surface area contributed by atoms with Crippen LogP contribution in [-0.4, -0.2) is 43.9 Å². The van der Waals surface area contributed by atoms with Crippen LogP contribution in [-0.2, 0) is 18.8 Å². The van der Waals surface area contributed by atoms with Crippen LogP contribution in [0, 0.1) is 5.92 Å². The minimum absolute atomic E-state index is 0.200. The molecule has 0 aromatic heterocycles. The highest BCUT2D eigenvalue weighted by Crippen LogP contribution is 2.36. The maximum atomic E-state index is 12.5. The fourth-order valence-corrected chi connectivity index (χ4v) is 3.06. The van der Waals surface area contributed by atoms with Gasteiger partial charge in [-0.1, -0.05) is 6.07 Å². The van der Waals surface area contributed by atoms with Crippen LogP contribution >= 0.6 is 0 Å². The van der Waals surface area contributed by atoms with Crippen LogP contribution in [0.5, 0.6) is 0 Å². The fourth-order valence-electron chi connectivity index (χ4n) is 3.06. The summed E-state index contributed by atoms with van der Waals surface area (Å²) in [6, 6.07) is 5.23. The second kappa shape index (κ2) is 7.50. The summed E-state index contributed by atoms with van der Waals surface area (Å²) in [4.78, 5) is 24.7. The molecule has 0 atom stereocenters. The second-order valence-corrected chi connectivity index (χ2v) is 8.52. The molecule has 2 fully saturated rings. The Hall–Kier alpha value is -1.90. The topological polar surface area (TPSA) is 77.1 Å². The Morgan fingerprint density at radius 2 is 1.82 bits per heavy atom. The minimum atomic E-state index is -0.604. The Kier molecular flexibility index (Phi) is 5.58. The van der Waals surface area contributed by atoms with Crippen LogP contribution in [0.4, 0.5) is 5.69 Å². The lowest BCUT2D eigenvalue weighted by atomic mass is 9.78. The molecule has 1 aliphatic carbocycles. The highest BCUT2D eigenvalue weighted by molar-refractivity contribution is 6.62. The van der Waals surface area contributed by atoms with Gasteiger partial charge in [-0.25, -0.2) is 15.2 Å². The van der Waals surface area contributed by atoms with E-state index < -0.39 is 24.3 Å². The van der Waals surface area contributed by atoms with Crippen molar-refractivity contribution in [1.29, 1.82) is 0 Å². The van der Waals surface area contributed by atoms with Crippen molar-refractivity contribution in [2.24, 2.45) is 5.92 Å². The summed E-state index contributed by atoms with van der Waals surface area (Å²) in [6.45, 7) is 10.1.